The molecule has 2 fully saturated rings. The second kappa shape index (κ2) is 8.12. The highest BCUT2D eigenvalue weighted by molar-refractivity contribution is 5.45. The first-order valence-electron chi connectivity index (χ1n) is 10.8. The van der Waals surface area contributed by atoms with Gasteiger partial charge in [-0.15, -0.1) is 0 Å². The van der Waals surface area contributed by atoms with Crippen molar-refractivity contribution in [3.8, 4) is 5.75 Å². The van der Waals surface area contributed by atoms with Crippen LogP contribution in [0.1, 0.15) is 81.3 Å². The monoisotopic (exact) mass is 341 g/mol. The lowest BCUT2D eigenvalue weighted by Gasteiger charge is -2.34. The summed E-state index contributed by atoms with van der Waals surface area (Å²) in [6.07, 6.45) is 15.7. The molecule has 1 heterocycles. The van der Waals surface area contributed by atoms with E-state index in [-0.39, 0.29) is 0 Å². The Balaban J connectivity index is 1.29. The molecule has 0 bridgehead atoms. The van der Waals surface area contributed by atoms with Crippen molar-refractivity contribution in [3.63, 3.8) is 0 Å². The topological polar surface area (TPSA) is 12.5 Å². The maximum absolute atomic E-state index is 5.61. The molecule has 1 aromatic rings. The van der Waals surface area contributed by atoms with Crippen LogP contribution in [0.15, 0.2) is 18.2 Å². The molecule has 0 radical (unpaired) electrons. The fraction of sp³-hybridized carbons (Fsp3) is 0.739. The van der Waals surface area contributed by atoms with Crippen molar-refractivity contribution in [2.45, 2.75) is 82.6 Å². The number of hydrogen-bond acceptors (Lipinski definition) is 2. The van der Waals surface area contributed by atoms with Crippen LogP contribution in [0.2, 0.25) is 0 Å². The smallest absolute Gasteiger partial charge is 0.122 e. The van der Waals surface area contributed by atoms with Gasteiger partial charge in [0.05, 0.1) is 7.11 Å². The van der Waals surface area contributed by atoms with E-state index in [2.05, 4.69) is 23.1 Å². The van der Waals surface area contributed by atoms with Gasteiger partial charge in [-0.05, 0) is 61.9 Å². The number of fused-ring (bicyclic) bond motifs is 3. The van der Waals surface area contributed by atoms with Crippen molar-refractivity contribution in [3.05, 3.63) is 29.3 Å². The van der Waals surface area contributed by atoms with Gasteiger partial charge in [-0.2, -0.15) is 0 Å². The molecule has 138 valence electrons. The SMILES string of the molecule is COc1cccc2c1CCC1C2CCN1CCCCC1CCCCC1. The van der Waals surface area contributed by atoms with Crippen LogP contribution in [0.5, 0.6) is 5.75 Å². The van der Waals surface area contributed by atoms with E-state index in [9.17, 15) is 0 Å². The molecule has 25 heavy (non-hydrogen) atoms. The summed E-state index contributed by atoms with van der Waals surface area (Å²) in [6, 6.07) is 7.47. The molecule has 1 saturated heterocycles. The molecule has 0 amide bonds. The average Bonchev–Trinajstić information content (AvgIpc) is 3.09. The molecule has 1 saturated carbocycles. The largest absolute Gasteiger partial charge is 0.496 e. The third kappa shape index (κ3) is 3.74. The molecule has 0 N–H and O–H groups in total. The highest BCUT2D eigenvalue weighted by atomic mass is 16.5. The normalized spacial score (nSPS) is 27.1. The first kappa shape index (κ1) is 17.4. The van der Waals surface area contributed by atoms with Crippen molar-refractivity contribution in [2.24, 2.45) is 5.92 Å². The minimum absolute atomic E-state index is 0.747. The summed E-state index contributed by atoms with van der Waals surface area (Å²) in [4.78, 5) is 2.81. The van der Waals surface area contributed by atoms with Crippen LogP contribution in [0.3, 0.4) is 0 Å². The van der Waals surface area contributed by atoms with Gasteiger partial charge in [0.15, 0.2) is 0 Å². The minimum atomic E-state index is 0.747. The summed E-state index contributed by atoms with van der Waals surface area (Å²) in [5, 5.41) is 0. The van der Waals surface area contributed by atoms with Gasteiger partial charge in [0.2, 0.25) is 0 Å². The Morgan fingerprint density at radius 2 is 1.92 bits per heavy atom. The molecular formula is C23H35NO. The maximum atomic E-state index is 5.61. The number of benzene rings is 1. The van der Waals surface area contributed by atoms with E-state index >= 15 is 0 Å². The number of hydrogen-bond donors (Lipinski definition) is 0. The Bertz CT molecular complexity index is 563. The highest BCUT2D eigenvalue weighted by Crippen LogP contribution is 2.44. The van der Waals surface area contributed by atoms with Crippen LogP contribution in [-0.2, 0) is 6.42 Å². The lowest BCUT2D eigenvalue weighted by Crippen LogP contribution is -2.35. The Morgan fingerprint density at radius 3 is 2.76 bits per heavy atom. The fourth-order valence-corrected chi connectivity index (χ4v) is 5.85. The molecule has 1 aromatic carbocycles. The molecule has 4 rings (SSSR count). The summed E-state index contributed by atoms with van der Waals surface area (Å²) in [5.74, 6) is 2.91. The van der Waals surface area contributed by atoms with Crippen LogP contribution in [0, 0.1) is 5.92 Å². The molecule has 3 aliphatic rings. The molecule has 2 unspecified atom stereocenters. The van der Waals surface area contributed by atoms with Crippen LogP contribution < -0.4 is 4.74 Å². The number of likely N-dealkylation sites (tertiary alicyclic amines) is 1. The van der Waals surface area contributed by atoms with Crippen molar-refractivity contribution in [1.82, 2.24) is 4.90 Å². The first-order chi connectivity index (χ1) is 12.4. The lowest BCUT2D eigenvalue weighted by atomic mass is 9.79. The van der Waals surface area contributed by atoms with Gasteiger partial charge in [0.25, 0.3) is 0 Å². The van der Waals surface area contributed by atoms with Crippen LogP contribution in [0.25, 0.3) is 0 Å². The zero-order valence-corrected chi connectivity index (χ0v) is 16.0. The van der Waals surface area contributed by atoms with E-state index in [0.717, 1.165) is 23.6 Å². The molecule has 2 aliphatic carbocycles. The Morgan fingerprint density at radius 1 is 1.04 bits per heavy atom. The highest BCUT2D eigenvalue weighted by Gasteiger charge is 2.38. The molecular weight excluding hydrogens is 306 g/mol. The molecule has 0 spiro atoms. The van der Waals surface area contributed by atoms with Gasteiger partial charge >= 0.3 is 0 Å². The van der Waals surface area contributed by atoms with Crippen LogP contribution in [-0.4, -0.2) is 31.1 Å². The summed E-state index contributed by atoms with van der Waals surface area (Å²) in [5.41, 5.74) is 3.07. The number of methoxy groups -OCH3 is 1. The first-order valence-corrected chi connectivity index (χ1v) is 10.8. The second-order valence-corrected chi connectivity index (χ2v) is 8.57. The van der Waals surface area contributed by atoms with Crippen LogP contribution in [0.4, 0.5) is 0 Å². The van der Waals surface area contributed by atoms with Gasteiger partial charge < -0.3 is 4.74 Å². The summed E-state index contributed by atoms with van der Waals surface area (Å²) >= 11 is 0. The number of ether oxygens (including phenoxy) is 1. The van der Waals surface area contributed by atoms with Gasteiger partial charge in [-0.25, -0.2) is 0 Å². The van der Waals surface area contributed by atoms with Gasteiger partial charge in [-0.1, -0.05) is 57.1 Å². The minimum Gasteiger partial charge on any atom is -0.496 e. The predicted molar refractivity (Wildman–Crippen MR) is 104 cm³/mol. The zero-order valence-electron chi connectivity index (χ0n) is 16.0. The quantitative estimate of drug-likeness (QED) is 0.629. The van der Waals surface area contributed by atoms with Gasteiger partial charge in [0, 0.05) is 12.0 Å². The molecule has 0 aromatic heterocycles. The van der Waals surface area contributed by atoms with Crippen molar-refractivity contribution < 1.29 is 4.74 Å². The Hall–Kier alpha value is -1.02. The third-order valence-corrected chi connectivity index (χ3v) is 7.17. The third-order valence-electron chi connectivity index (χ3n) is 7.17. The number of unbranched alkanes of at least 4 members (excludes halogenated alkanes) is 1. The van der Waals surface area contributed by atoms with E-state index < -0.39 is 0 Å². The average molecular weight is 342 g/mol. The molecule has 2 heteroatoms. The predicted octanol–water partition coefficient (Wildman–Crippen LogP) is 5.55. The maximum Gasteiger partial charge on any atom is 0.122 e. The number of rotatable bonds is 6. The molecule has 2 nitrogen and oxygen atoms in total. The Labute approximate surface area is 153 Å². The Kier molecular flexibility index (Phi) is 5.65. The van der Waals surface area contributed by atoms with E-state index in [1.807, 2.05) is 7.11 Å². The molecule has 1 aliphatic heterocycles. The van der Waals surface area contributed by atoms with Crippen molar-refractivity contribution >= 4 is 0 Å². The van der Waals surface area contributed by atoms with Gasteiger partial charge in [0.1, 0.15) is 5.75 Å². The summed E-state index contributed by atoms with van der Waals surface area (Å²) in [7, 11) is 1.81. The summed E-state index contributed by atoms with van der Waals surface area (Å²) < 4.78 is 5.61. The van der Waals surface area contributed by atoms with E-state index in [4.69, 9.17) is 4.74 Å². The van der Waals surface area contributed by atoms with Crippen LogP contribution >= 0.6 is 0 Å². The lowest BCUT2D eigenvalue weighted by molar-refractivity contribution is 0.217. The van der Waals surface area contributed by atoms with E-state index in [1.54, 1.807) is 5.56 Å². The molecule has 2 atom stereocenters. The van der Waals surface area contributed by atoms with E-state index in [0.29, 0.717) is 0 Å². The number of nitrogens with zero attached hydrogens (tertiary/aromatic N) is 1. The van der Waals surface area contributed by atoms with Gasteiger partial charge in [-0.3, -0.25) is 4.90 Å². The fourth-order valence-electron chi connectivity index (χ4n) is 5.85. The van der Waals surface area contributed by atoms with Crippen molar-refractivity contribution in [1.29, 1.82) is 0 Å². The zero-order chi connectivity index (χ0) is 17.1. The van der Waals surface area contributed by atoms with E-state index in [1.165, 1.54) is 89.3 Å². The standard InChI is InChI=1S/C23H35NO/c1-25-23-12-7-11-19-20-15-17-24(22(20)14-13-21(19)23)16-6-5-10-18-8-3-2-4-9-18/h7,11-12,18,20,22H,2-6,8-10,13-17H2,1H3. The van der Waals surface area contributed by atoms with Crippen molar-refractivity contribution in [2.75, 3.05) is 20.2 Å². The second-order valence-electron chi connectivity index (χ2n) is 8.57. The summed E-state index contributed by atoms with van der Waals surface area (Å²) in [6.45, 7) is 2.63.